The smallest absolute Gasteiger partial charge is 0.306 e. The van der Waals surface area contributed by atoms with E-state index < -0.39 is 0 Å². The van der Waals surface area contributed by atoms with Crippen molar-refractivity contribution in [1.82, 2.24) is 0 Å². The van der Waals surface area contributed by atoms with Crippen LogP contribution in [0.25, 0.3) is 0 Å². The van der Waals surface area contributed by atoms with E-state index in [2.05, 4.69) is 13.3 Å². The van der Waals surface area contributed by atoms with E-state index >= 15 is 0 Å². The Morgan fingerprint density at radius 2 is 1.94 bits per heavy atom. The number of hydrogen-bond donors (Lipinski definition) is 0. The van der Waals surface area contributed by atoms with Crippen LogP contribution in [0.2, 0.25) is 0 Å². The molecule has 0 N–H and O–H groups in total. The Morgan fingerprint density at radius 1 is 1.25 bits per heavy atom. The van der Waals surface area contributed by atoms with Gasteiger partial charge in [-0.05, 0) is 39.5 Å². The number of rotatable bonds is 9. The molecule has 0 aromatic heterocycles. The molecule has 0 saturated carbocycles. The average Bonchev–Trinajstić information content (AvgIpc) is 2.16. The van der Waals surface area contributed by atoms with Gasteiger partial charge in [0, 0.05) is 6.42 Å². The van der Waals surface area contributed by atoms with Crippen molar-refractivity contribution in [1.29, 1.82) is 0 Å². The van der Waals surface area contributed by atoms with Crippen molar-refractivity contribution in [2.75, 3.05) is 0 Å². The number of esters is 1. The molecule has 0 unspecified atom stereocenters. The summed E-state index contributed by atoms with van der Waals surface area (Å²) < 4.78 is 5.44. The lowest BCUT2D eigenvalue weighted by molar-refractivity contribution is -0.157. The van der Waals surface area contributed by atoms with Gasteiger partial charge in [-0.25, -0.2) is 0 Å². The molecule has 0 amide bonds. The topological polar surface area (TPSA) is 26.3 Å². The molecule has 2 nitrogen and oxygen atoms in total. The Bertz CT molecular complexity index is 185. The number of carbonyl (C=O) groups is 1. The molecule has 0 saturated heterocycles. The van der Waals surface area contributed by atoms with Crippen LogP contribution in [0.15, 0.2) is 0 Å². The van der Waals surface area contributed by atoms with Gasteiger partial charge in [0.15, 0.2) is 0 Å². The van der Waals surface area contributed by atoms with Gasteiger partial charge in [-0.3, -0.25) is 4.79 Å². The lowest BCUT2D eigenvalue weighted by Crippen LogP contribution is -2.27. The third-order valence-electron chi connectivity index (χ3n) is 2.62. The molecular weight excluding hydrogens is 200 g/mol. The maximum atomic E-state index is 11.4. The van der Waals surface area contributed by atoms with Crippen molar-refractivity contribution in [2.45, 2.75) is 78.2 Å². The van der Waals surface area contributed by atoms with Crippen molar-refractivity contribution in [3.8, 4) is 0 Å². The van der Waals surface area contributed by atoms with E-state index in [0.29, 0.717) is 6.42 Å². The highest BCUT2D eigenvalue weighted by Crippen LogP contribution is 2.20. The zero-order valence-electron chi connectivity index (χ0n) is 11.3. The Labute approximate surface area is 101 Å². The molecule has 0 spiro atoms. The van der Waals surface area contributed by atoms with E-state index in [1.165, 1.54) is 19.3 Å². The van der Waals surface area contributed by atoms with Gasteiger partial charge in [0.05, 0.1) is 0 Å². The number of ether oxygens (including phenoxy) is 1. The number of unbranched alkanes of at least 4 members (excludes halogenated alkanes) is 4. The number of carbonyl (C=O) groups excluding carboxylic acids is 1. The van der Waals surface area contributed by atoms with Gasteiger partial charge >= 0.3 is 5.97 Å². The maximum Gasteiger partial charge on any atom is 0.306 e. The lowest BCUT2D eigenvalue weighted by Gasteiger charge is -2.25. The zero-order chi connectivity index (χ0) is 12.4. The molecule has 0 atom stereocenters. The first-order valence-corrected chi connectivity index (χ1v) is 6.51. The highest BCUT2D eigenvalue weighted by Gasteiger charge is 2.21. The van der Waals surface area contributed by atoms with Crippen molar-refractivity contribution in [2.24, 2.45) is 0 Å². The standard InChI is InChI=1S/C14H27O2/c1-5-7-8-9-10-12-14(3,4)16-13(15)11-6-2/h5H,6-12H2,1-4H3. The molecule has 1 radical (unpaired) electrons. The van der Waals surface area contributed by atoms with Crippen LogP contribution in [0.4, 0.5) is 0 Å². The van der Waals surface area contributed by atoms with Gasteiger partial charge in [-0.2, -0.15) is 0 Å². The molecule has 0 aromatic rings. The van der Waals surface area contributed by atoms with Gasteiger partial charge in [-0.15, -0.1) is 0 Å². The molecule has 0 aliphatic carbocycles. The van der Waals surface area contributed by atoms with Crippen LogP contribution in [0.3, 0.4) is 0 Å². The molecule has 0 fully saturated rings. The van der Waals surface area contributed by atoms with Crippen LogP contribution in [0.1, 0.15) is 72.6 Å². The Morgan fingerprint density at radius 3 is 2.50 bits per heavy atom. The van der Waals surface area contributed by atoms with Gasteiger partial charge in [-0.1, -0.05) is 33.1 Å². The first-order valence-electron chi connectivity index (χ1n) is 6.51. The summed E-state index contributed by atoms with van der Waals surface area (Å²) in [7, 11) is 0. The maximum absolute atomic E-state index is 11.4. The first kappa shape index (κ1) is 15.5. The summed E-state index contributed by atoms with van der Waals surface area (Å²) in [5.41, 5.74) is -0.290. The summed E-state index contributed by atoms with van der Waals surface area (Å²) in [6.07, 6.45) is 9.36. The van der Waals surface area contributed by atoms with E-state index in [1.807, 2.05) is 20.8 Å². The van der Waals surface area contributed by atoms with Crippen molar-refractivity contribution in [3.05, 3.63) is 6.42 Å². The van der Waals surface area contributed by atoms with Crippen molar-refractivity contribution >= 4 is 5.97 Å². The van der Waals surface area contributed by atoms with Crippen LogP contribution in [-0.4, -0.2) is 11.6 Å². The highest BCUT2D eigenvalue weighted by atomic mass is 16.6. The minimum absolute atomic E-state index is 0.0607. The van der Waals surface area contributed by atoms with Crippen LogP contribution < -0.4 is 0 Å². The molecule has 16 heavy (non-hydrogen) atoms. The minimum Gasteiger partial charge on any atom is -0.460 e. The molecule has 0 aliphatic rings. The summed E-state index contributed by atoms with van der Waals surface area (Å²) in [5, 5.41) is 0. The molecule has 0 bridgehead atoms. The average molecular weight is 227 g/mol. The fourth-order valence-corrected chi connectivity index (χ4v) is 1.69. The summed E-state index contributed by atoms with van der Waals surface area (Å²) in [6.45, 7) is 8.10. The van der Waals surface area contributed by atoms with Gasteiger partial charge in [0.1, 0.15) is 5.60 Å². The molecule has 2 heteroatoms. The Kier molecular flexibility index (Phi) is 8.32. The molecular formula is C14H27O2. The largest absolute Gasteiger partial charge is 0.460 e. The summed E-state index contributed by atoms with van der Waals surface area (Å²) in [5.74, 6) is -0.0607. The zero-order valence-corrected chi connectivity index (χ0v) is 11.3. The third kappa shape index (κ3) is 8.75. The van der Waals surface area contributed by atoms with Crippen molar-refractivity contribution < 1.29 is 9.53 Å². The fraction of sp³-hybridized carbons (Fsp3) is 0.857. The SMILES string of the molecule is C[CH]CCCCCC(C)(C)OC(=O)CCC. The van der Waals surface area contributed by atoms with Crippen LogP contribution in [0, 0.1) is 6.42 Å². The second-order valence-corrected chi connectivity index (χ2v) is 4.99. The predicted molar refractivity (Wildman–Crippen MR) is 68.1 cm³/mol. The monoisotopic (exact) mass is 227 g/mol. The van der Waals surface area contributed by atoms with Gasteiger partial charge < -0.3 is 4.74 Å². The van der Waals surface area contributed by atoms with Crippen LogP contribution >= 0.6 is 0 Å². The van der Waals surface area contributed by atoms with E-state index in [9.17, 15) is 4.79 Å². The van der Waals surface area contributed by atoms with E-state index in [0.717, 1.165) is 19.3 Å². The summed E-state index contributed by atoms with van der Waals surface area (Å²) in [6, 6.07) is 0. The van der Waals surface area contributed by atoms with Gasteiger partial charge in [0.25, 0.3) is 0 Å². The molecule has 0 rings (SSSR count). The molecule has 0 aliphatic heterocycles. The molecule has 0 heterocycles. The second-order valence-electron chi connectivity index (χ2n) is 4.99. The van der Waals surface area contributed by atoms with Crippen LogP contribution in [0.5, 0.6) is 0 Å². The fourth-order valence-electron chi connectivity index (χ4n) is 1.69. The summed E-state index contributed by atoms with van der Waals surface area (Å²) in [4.78, 5) is 11.4. The highest BCUT2D eigenvalue weighted by molar-refractivity contribution is 5.69. The normalized spacial score (nSPS) is 11.5. The van der Waals surface area contributed by atoms with Gasteiger partial charge in [0.2, 0.25) is 0 Å². The Balaban J connectivity index is 3.65. The van der Waals surface area contributed by atoms with E-state index in [4.69, 9.17) is 4.74 Å². The molecule has 0 aromatic carbocycles. The number of hydrogen-bond acceptors (Lipinski definition) is 2. The third-order valence-corrected chi connectivity index (χ3v) is 2.62. The first-order chi connectivity index (χ1) is 7.52. The quantitative estimate of drug-likeness (QED) is 0.434. The minimum atomic E-state index is -0.290. The van der Waals surface area contributed by atoms with E-state index in [1.54, 1.807) is 0 Å². The van der Waals surface area contributed by atoms with Crippen molar-refractivity contribution in [3.63, 3.8) is 0 Å². The second kappa shape index (κ2) is 8.60. The lowest BCUT2D eigenvalue weighted by atomic mass is 9.99. The predicted octanol–water partition coefficient (Wildman–Crippen LogP) is 4.28. The molecule has 95 valence electrons. The van der Waals surface area contributed by atoms with E-state index in [-0.39, 0.29) is 11.6 Å². The summed E-state index contributed by atoms with van der Waals surface area (Å²) >= 11 is 0. The van der Waals surface area contributed by atoms with Crippen LogP contribution in [-0.2, 0) is 9.53 Å². The Hall–Kier alpha value is -0.530.